The molecule has 0 N–H and O–H groups in total. The number of fused-ring (bicyclic) bond motifs is 1. The fourth-order valence-corrected chi connectivity index (χ4v) is 4.85. The molecule has 1 unspecified atom stereocenters. The first-order chi connectivity index (χ1) is 14.4. The molecule has 1 fully saturated rings. The zero-order valence-electron chi connectivity index (χ0n) is 17.2. The van der Waals surface area contributed by atoms with E-state index in [4.69, 9.17) is 4.74 Å². The summed E-state index contributed by atoms with van der Waals surface area (Å²) in [4.78, 5) is 26.9. The molecule has 1 amide bonds. The number of nitrogens with zero attached hydrogens (tertiary/aromatic N) is 3. The van der Waals surface area contributed by atoms with Crippen molar-refractivity contribution in [2.45, 2.75) is 25.3 Å². The molecule has 0 saturated carbocycles. The second kappa shape index (κ2) is 8.22. The van der Waals surface area contributed by atoms with Crippen molar-refractivity contribution in [1.29, 1.82) is 0 Å². The molecule has 1 aromatic heterocycles. The highest BCUT2D eigenvalue weighted by atomic mass is 79.9. The van der Waals surface area contributed by atoms with Crippen molar-refractivity contribution < 1.29 is 14.3 Å². The summed E-state index contributed by atoms with van der Waals surface area (Å²) < 4.78 is 7.85. The highest BCUT2D eigenvalue weighted by Crippen LogP contribution is 2.39. The molecule has 0 aliphatic carbocycles. The van der Waals surface area contributed by atoms with Crippen molar-refractivity contribution in [3.8, 4) is 5.75 Å². The van der Waals surface area contributed by atoms with Gasteiger partial charge in [0.05, 0.1) is 18.7 Å². The second-order valence-electron chi connectivity index (χ2n) is 7.85. The highest BCUT2D eigenvalue weighted by Gasteiger charge is 2.38. The highest BCUT2D eigenvalue weighted by molar-refractivity contribution is 9.10. The molecule has 1 saturated heterocycles. The quantitative estimate of drug-likeness (QED) is 0.506. The Labute approximate surface area is 183 Å². The number of aromatic nitrogens is 2. The molecule has 6 nitrogen and oxygen atoms in total. The number of hydrogen-bond donors (Lipinski definition) is 0. The van der Waals surface area contributed by atoms with E-state index in [1.54, 1.807) is 11.8 Å². The van der Waals surface area contributed by atoms with E-state index in [0.717, 1.165) is 38.5 Å². The van der Waals surface area contributed by atoms with Crippen LogP contribution in [0.25, 0.3) is 10.9 Å². The summed E-state index contributed by atoms with van der Waals surface area (Å²) in [5.41, 5.74) is 2.80. The van der Waals surface area contributed by atoms with Crippen LogP contribution >= 0.6 is 15.9 Å². The predicted molar refractivity (Wildman–Crippen MR) is 118 cm³/mol. The van der Waals surface area contributed by atoms with Crippen molar-refractivity contribution in [3.63, 3.8) is 0 Å². The van der Waals surface area contributed by atoms with Gasteiger partial charge in [-0.3, -0.25) is 9.48 Å². The van der Waals surface area contributed by atoms with Gasteiger partial charge in [-0.05, 0) is 48.2 Å². The minimum Gasteiger partial charge on any atom is -0.497 e. The molecule has 3 atom stereocenters. The van der Waals surface area contributed by atoms with E-state index >= 15 is 0 Å². The molecule has 2 aromatic carbocycles. The monoisotopic (exact) mass is 469 g/mol. The molecule has 1 aliphatic heterocycles. The molecule has 4 rings (SSSR count). The summed E-state index contributed by atoms with van der Waals surface area (Å²) in [5.74, 6) is 0.417. The number of hydrogen-bond acceptors (Lipinski definition) is 4. The summed E-state index contributed by atoms with van der Waals surface area (Å²) in [6, 6.07) is 11.6. The van der Waals surface area contributed by atoms with E-state index in [1.807, 2.05) is 61.5 Å². The van der Waals surface area contributed by atoms with Crippen LogP contribution in [0.5, 0.6) is 5.75 Å². The number of aldehydes is 1. The van der Waals surface area contributed by atoms with E-state index < -0.39 is 0 Å². The molecular weight excluding hydrogens is 446 g/mol. The average molecular weight is 470 g/mol. The third kappa shape index (κ3) is 3.74. The largest absolute Gasteiger partial charge is 0.497 e. The topological polar surface area (TPSA) is 64.4 Å². The lowest BCUT2D eigenvalue weighted by atomic mass is 9.85. The second-order valence-corrected chi connectivity index (χ2v) is 8.77. The predicted octanol–water partition coefficient (Wildman–Crippen LogP) is 4.24. The van der Waals surface area contributed by atoms with Gasteiger partial charge in [0.2, 0.25) is 5.91 Å². The number of benzene rings is 2. The van der Waals surface area contributed by atoms with Crippen LogP contribution in [0.4, 0.5) is 0 Å². The Bertz CT molecular complexity index is 1090. The molecule has 156 valence electrons. The number of likely N-dealkylation sites (tertiary alicyclic amines) is 1. The fourth-order valence-electron chi connectivity index (χ4n) is 4.38. The average Bonchev–Trinajstić information content (AvgIpc) is 3.29. The smallest absolute Gasteiger partial charge is 0.223 e. The zero-order valence-corrected chi connectivity index (χ0v) is 18.8. The SMILES string of the molecule is COc1ccc([C@@H](C)N2C[C@@H](C(C=O)c3cc(Br)cc4nn(C)cc34)CC2=O)cc1. The third-order valence-corrected chi connectivity index (χ3v) is 6.46. The van der Waals surface area contributed by atoms with E-state index in [0.29, 0.717) is 13.0 Å². The molecule has 0 bridgehead atoms. The van der Waals surface area contributed by atoms with E-state index in [-0.39, 0.29) is 23.8 Å². The van der Waals surface area contributed by atoms with Gasteiger partial charge in [0.1, 0.15) is 12.0 Å². The molecule has 0 radical (unpaired) electrons. The summed E-state index contributed by atoms with van der Waals surface area (Å²) in [6.07, 6.45) is 3.27. The number of ether oxygens (including phenoxy) is 1. The van der Waals surface area contributed by atoms with Crippen LogP contribution in [0.2, 0.25) is 0 Å². The van der Waals surface area contributed by atoms with Gasteiger partial charge < -0.3 is 14.4 Å². The first-order valence-electron chi connectivity index (χ1n) is 9.92. The minimum absolute atomic E-state index is 0.0679. The maximum atomic E-state index is 12.9. The van der Waals surface area contributed by atoms with Crippen LogP contribution in [0, 0.1) is 5.92 Å². The van der Waals surface area contributed by atoms with Crippen LogP contribution in [0.15, 0.2) is 47.1 Å². The minimum atomic E-state index is -0.369. The van der Waals surface area contributed by atoms with E-state index in [1.165, 1.54) is 0 Å². The van der Waals surface area contributed by atoms with Crippen molar-refractivity contribution >= 4 is 39.0 Å². The number of aryl methyl sites for hydroxylation is 1. The lowest BCUT2D eigenvalue weighted by Crippen LogP contribution is -2.29. The molecule has 0 spiro atoms. The summed E-state index contributed by atoms with van der Waals surface area (Å²) in [6.45, 7) is 2.57. The number of carbonyl (C=O) groups is 2. The van der Waals surface area contributed by atoms with Gasteiger partial charge in [0, 0.05) is 42.0 Å². The van der Waals surface area contributed by atoms with Crippen molar-refractivity contribution in [1.82, 2.24) is 14.7 Å². The molecular formula is C23H24BrN3O3. The number of methoxy groups -OCH3 is 1. The molecule has 2 heterocycles. The first-order valence-corrected chi connectivity index (χ1v) is 10.7. The first kappa shape index (κ1) is 20.6. The Balaban J connectivity index is 1.61. The zero-order chi connectivity index (χ0) is 21.4. The van der Waals surface area contributed by atoms with Crippen molar-refractivity contribution in [2.75, 3.05) is 13.7 Å². The lowest BCUT2D eigenvalue weighted by Gasteiger charge is -2.26. The van der Waals surface area contributed by atoms with Crippen LogP contribution in [0.3, 0.4) is 0 Å². The van der Waals surface area contributed by atoms with Gasteiger partial charge in [-0.15, -0.1) is 0 Å². The molecule has 7 heteroatoms. The summed E-state index contributed by atoms with van der Waals surface area (Å²) >= 11 is 3.54. The number of amides is 1. The van der Waals surface area contributed by atoms with Crippen LogP contribution < -0.4 is 4.74 Å². The van der Waals surface area contributed by atoms with Crippen LogP contribution in [-0.4, -0.2) is 40.5 Å². The fraction of sp³-hybridized carbons (Fsp3) is 0.348. The third-order valence-electron chi connectivity index (χ3n) is 6.00. The normalized spacial score (nSPS) is 18.6. The van der Waals surface area contributed by atoms with Gasteiger partial charge in [-0.1, -0.05) is 28.1 Å². The lowest BCUT2D eigenvalue weighted by molar-refractivity contribution is -0.129. The maximum Gasteiger partial charge on any atom is 0.223 e. The van der Waals surface area contributed by atoms with Gasteiger partial charge >= 0.3 is 0 Å². The molecule has 30 heavy (non-hydrogen) atoms. The number of rotatable bonds is 6. The van der Waals surface area contributed by atoms with Gasteiger partial charge in [0.15, 0.2) is 0 Å². The molecule has 3 aromatic rings. The Morgan fingerprint density at radius 2 is 2.00 bits per heavy atom. The Morgan fingerprint density at radius 1 is 1.27 bits per heavy atom. The van der Waals surface area contributed by atoms with Crippen molar-refractivity contribution in [2.24, 2.45) is 13.0 Å². The summed E-state index contributed by atoms with van der Waals surface area (Å²) in [5, 5.41) is 5.42. The van der Waals surface area contributed by atoms with Crippen LogP contribution in [-0.2, 0) is 16.6 Å². The Morgan fingerprint density at radius 3 is 2.67 bits per heavy atom. The maximum absolute atomic E-state index is 12.9. The van der Waals surface area contributed by atoms with Gasteiger partial charge in [0.25, 0.3) is 0 Å². The van der Waals surface area contributed by atoms with E-state index in [9.17, 15) is 9.59 Å². The standard InChI is InChI=1S/C23H24BrN3O3/c1-14(15-4-6-18(30-3)7-5-15)27-11-16(8-23(27)29)21(13-28)19-9-17(24)10-22-20(19)12-26(2)25-22/h4-7,9-10,12-14,16,21H,8,11H2,1-3H3/t14-,16+,21?/m1/s1. The Hall–Kier alpha value is -2.67. The van der Waals surface area contributed by atoms with Crippen LogP contribution in [0.1, 0.15) is 36.4 Å². The van der Waals surface area contributed by atoms with E-state index in [2.05, 4.69) is 21.0 Å². The number of carbonyl (C=O) groups excluding carboxylic acids is 2. The van der Waals surface area contributed by atoms with Gasteiger partial charge in [-0.25, -0.2) is 0 Å². The molecule has 1 aliphatic rings. The van der Waals surface area contributed by atoms with Crippen molar-refractivity contribution in [3.05, 3.63) is 58.2 Å². The van der Waals surface area contributed by atoms with Gasteiger partial charge in [-0.2, -0.15) is 5.10 Å². The Kier molecular flexibility index (Phi) is 5.64. The number of halogens is 1. The summed E-state index contributed by atoms with van der Waals surface area (Å²) in [7, 11) is 3.50.